The summed E-state index contributed by atoms with van der Waals surface area (Å²) in [5, 5.41) is 4.10. The highest BCUT2D eigenvalue weighted by atomic mass is 31.1. The van der Waals surface area contributed by atoms with E-state index in [-0.39, 0.29) is 0 Å². The summed E-state index contributed by atoms with van der Waals surface area (Å²) in [7, 11) is -0.407. The van der Waals surface area contributed by atoms with Crippen molar-refractivity contribution in [3.05, 3.63) is 103 Å². The number of rotatable bonds is 5. The predicted molar refractivity (Wildman–Crippen MR) is 119 cm³/mol. The van der Waals surface area contributed by atoms with Gasteiger partial charge in [0.25, 0.3) is 0 Å². The summed E-state index contributed by atoms with van der Waals surface area (Å²) in [6, 6.07) is 30.3. The average molecular weight is 379 g/mol. The van der Waals surface area contributed by atoms with Gasteiger partial charge in [-0.2, -0.15) is 6.20 Å². The van der Waals surface area contributed by atoms with Crippen LogP contribution in [0.4, 0.5) is 0 Å². The second-order valence-electron chi connectivity index (χ2n) is 6.85. The molecule has 0 fully saturated rings. The first-order chi connectivity index (χ1) is 13.9. The lowest BCUT2D eigenvalue weighted by molar-refractivity contribution is 1.17. The van der Waals surface area contributed by atoms with Crippen molar-refractivity contribution in [2.75, 3.05) is 6.16 Å². The molecule has 2 heterocycles. The number of hydrogen-bond acceptors (Lipinski definition) is 1. The molecule has 2 aromatic carbocycles. The highest BCUT2D eigenvalue weighted by molar-refractivity contribution is 7.73. The van der Waals surface area contributed by atoms with Gasteiger partial charge in [0.15, 0.2) is 0 Å². The zero-order valence-corrected chi connectivity index (χ0v) is 16.4. The maximum atomic E-state index is 4.62. The summed E-state index contributed by atoms with van der Waals surface area (Å²) in [6.45, 7) is 0. The Labute approximate surface area is 166 Å². The molecule has 5 rings (SSSR count). The normalized spacial score (nSPS) is 11.5. The van der Waals surface area contributed by atoms with E-state index in [9.17, 15) is 0 Å². The Bertz CT molecular complexity index is 1130. The minimum Gasteiger partial charge on any atom is -0.662 e. The number of pyridine rings is 2. The van der Waals surface area contributed by atoms with Crippen molar-refractivity contribution in [1.29, 1.82) is 0 Å². The van der Waals surface area contributed by atoms with Crippen LogP contribution >= 0.6 is 7.92 Å². The third-order valence-electron chi connectivity index (χ3n) is 5.21. The van der Waals surface area contributed by atoms with Gasteiger partial charge in [-0.15, -0.1) is 5.69 Å². The Hall–Kier alpha value is -2.96. The highest BCUT2D eigenvalue weighted by Crippen LogP contribution is 2.40. The fourth-order valence-electron chi connectivity index (χ4n) is 3.94. The van der Waals surface area contributed by atoms with Crippen molar-refractivity contribution in [3.63, 3.8) is 0 Å². The van der Waals surface area contributed by atoms with Crippen LogP contribution in [0.2, 0.25) is 0 Å². The summed E-state index contributed by atoms with van der Waals surface area (Å²) in [4.78, 5) is 9.23. The molecule has 1 aromatic heterocycles. The summed E-state index contributed by atoms with van der Waals surface area (Å²) >= 11 is 0. The summed E-state index contributed by atoms with van der Waals surface area (Å²) in [5.74, 6) is 0. The SMILES string of the molecule is c1ccc(P(CCc2c3ccc[n-]c-3c3ncccc23)c2ccccc2)cc1. The molecule has 1 aliphatic carbocycles. The van der Waals surface area contributed by atoms with Crippen molar-refractivity contribution >= 4 is 29.4 Å². The number of fused-ring (bicyclic) bond motifs is 3. The second-order valence-corrected chi connectivity index (χ2v) is 9.19. The van der Waals surface area contributed by atoms with Crippen LogP contribution in [-0.2, 0) is 6.42 Å². The molecule has 3 heteroatoms. The molecule has 28 heavy (non-hydrogen) atoms. The van der Waals surface area contributed by atoms with Gasteiger partial charge >= 0.3 is 0 Å². The molecule has 0 saturated heterocycles. The van der Waals surface area contributed by atoms with Crippen molar-refractivity contribution in [2.24, 2.45) is 0 Å². The van der Waals surface area contributed by atoms with Gasteiger partial charge in [-0.3, -0.25) is 4.98 Å². The molecular weight excluding hydrogens is 359 g/mol. The van der Waals surface area contributed by atoms with E-state index in [1.54, 1.807) is 0 Å². The molecule has 0 spiro atoms. The first kappa shape index (κ1) is 17.2. The summed E-state index contributed by atoms with van der Waals surface area (Å²) < 4.78 is 0. The largest absolute Gasteiger partial charge is 0.662 e. The van der Waals surface area contributed by atoms with Crippen molar-refractivity contribution in [2.45, 2.75) is 6.42 Å². The molecule has 0 radical (unpaired) electrons. The quantitative estimate of drug-likeness (QED) is 0.403. The van der Waals surface area contributed by atoms with Crippen LogP contribution in [-0.4, -0.2) is 11.1 Å². The molecule has 1 aliphatic heterocycles. The molecule has 0 bridgehead atoms. The van der Waals surface area contributed by atoms with E-state index in [2.05, 4.69) is 82.8 Å². The molecule has 0 unspecified atom stereocenters. The Morgan fingerprint density at radius 3 is 2.18 bits per heavy atom. The molecule has 0 atom stereocenters. The van der Waals surface area contributed by atoms with Crippen LogP contribution in [0.5, 0.6) is 0 Å². The standard InChI is InChI=1S/C25H20N2P/c1-3-9-19(10-4-1)28(20-11-5-2-6-12-20)18-15-21-22-13-7-16-26-24(22)25-23(21)14-8-17-27-25/h1-14,16-17H,15,18H2/q-1. The number of benzene rings is 2. The first-order valence-corrected chi connectivity index (χ1v) is 11.1. The average Bonchev–Trinajstić information content (AvgIpc) is 3.10. The summed E-state index contributed by atoms with van der Waals surface area (Å²) in [6.07, 6.45) is 5.86. The molecule has 2 aliphatic rings. The van der Waals surface area contributed by atoms with Crippen LogP contribution in [0.25, 0.3) is 22.2 Å². The van der Waals surface area contributed by atoms with Crippen LogP contribution in [0.15, 0.2) is 97.3 Å². The maximum absolute atomic E-state index is 4.62. The monoisotopic (exact) mass is 379 g/mol. The number of hydrogen-bond donors (Lipinski definition) is 0. The van der Waals surface area contributed by atoms with E-state index >= 15 is 0 Å². The molecule has 0 amide bonds. The van der Waals surface area contributed by atoms with Gasteiger partial charge in [-0.25, -0.2) is 0 Å². The predicted octanol–water partition coefficient (Wildman–Crippen LogP) is 4.97. The van der Waals surface area contributed by atoms with Crippen molar-refractivity contribution < 1.29 is 0 Å². The lowest BCUT2D eigenvalue weighted by Gasteiger charge is -2.19. The van der Waals surface area contributed by atoms with Gasteiger partial charge in [0.05, 0.1) is 5.52 Å². The number of aryl methyl sites for hydroxylation is 1. The summed E-state index contributed by atoms with van der Waals surface area (Å²) in [5.41, 5.74) is 4.67. The zero-order chi connectivity index (χ0) is 18.8. The van der Waals surface area contributed by atoms with Gasteiger partial charge < -0.3 is 4.98 Å². The lowest BCUT2D eigenvalue weighted by Crippen LogP contribution is -2.14. The van der Waals surface area contributed by atoms with Gasteiger partial charge in [-0.05, 0) is 48.3 Å². The Balaban J connectivity index is 1.55. The first-order valence-electron chi connectivity index (χ1n) is 9.56. The Morgan fingerprint density at radius 2 is 1.46 bits per heavy atom. The topological polar surface area (TPSA) is 27.0 Å². The van der Waals surface area contributed by atoms with E-state index in [0.29, 0.717) is 0 Å². The molecule has 0 saturated carbocycles. The second kappa shape index (κ2) is 7.58. The van der Waals surface area contributed by atoms with E-state index in [1.165, 1.54) is 27.1 Å². The molecular formula is C25H20N2P-. The van der Waals surface area contributed by atoms with Crippen LogP contribution < -0.4 is 15.6 Å². The number of nitrogens with zero attached hydrogens (tertiary/aromatic N) is 2. The Morgan fingerprint density at radius 1 is 0.750 bits per heavy atom. The highest BCUT2D eigenvalue weighted by Gasteiger charge is 2.18. The van der Waals surface area contributed by atoms with E-state index in [4.69, 9.17) is 0 Å². The van der Waals surface area contributed by atoms with E-state index in [1.807, 2.05) is 24.5 Å². The minimum atomic E-state index is -0.407. The Kier molecular flexibility index (Phi) is 4.64. The van der Waals surface area contributed by atoms with Crippen LogP contribution in [0.3, 0.4) is 0 Å². The fourth-order valence-corrected chi connectivity index (χ4v) is 6.26. The van der Waals surface area contributed by atoms with E-state index < -0.39 is 7.92 Å². The third kappa shape index (κ3) is 3.10. The van der Waals surface area contributed by atoms with E-state index in [0.717, 1.165) is 23.8 Å². The molecule has 2 nitrogen and oxygen atoms in total. The molecule has 3 aromatic rings. The molecule has 0 N–H and O–H groups in total. The maximum Gasteiger partial charge on any atom is 0.0564 e. The minimum absolute atomic E-state index is 0.407. The van der Waals surface area contributed by atoms with Gasteiger partial charge in [0.1, 0.15) is 0 Å². The van der Waals surface area contributed by atoms with Crippen molar-refractivity contribution in [1.82, 2.24) is 9.97 Å². The van der Waals surface area contributed by atoms with Crippen LogP contribution in [0, 0.1) is 0 Å². The van der Waals surface area contributed by atoms with Gasteiger partial charge in [0, 0.05) is 11.6 Å². The van der Waals surface area contributed by atoms with Gasteiger partial charge in [0.2, 0.25) is 0 Å². The smallest absolute Gasteiger partial charge is 0.0564 e. The van der Waals surface area contributed by atoms with Gasteiger partial charge in [-0.1, -0.05) is 78.9 Å². The third-order valence-corrected chi connectivity index (χ3v) is 7.72. The van der Waals surface area contributed by atoms with Crippen LogP contribution in [0.1, 0.15) is 5.56 Å². The lowest BCUT2D eigenvalue weighted by atomic mass is 10.1. The zero-order valence-electron chi connectivity index (χ0n) is 15.5. The molecule has 136 valence electrons. The van der Waals surface area contributed by atoms with Crippen molar-refractivity contribution in [3.8, 4) is 11.3 Å². The fraction of sp³-hybridized carbons (Fsp3) is 0.0800. The number of aromatic nitrogens is 2.